The Morgan fingerprint density at radius 3 is 2.55 bits per heavy atom. The second-order valence-electron chi connectivity index (χ2n) is 11.4. The number of hydrogen-bond acceptors (Lipinski definition) is 10. The van der Waals surface area contributed by atoms with Crippen molar-refractivity contribution in [3.05, 3.63) is 113 Å². The van der Waals surface area contributed by atoms with Crippen LogP contribution in [0.3, 0.4) is 0 Å². The third-order valence-electron chi connectivity index (χ3n) is 8.44. The van der Waals surface area contributed by atoms with Crippen LogP contribution in [0.15, 0.2) is 96.2 Å². The van der Waals surface area contributed by atoms with Crippen molar-refractivity contribution < 1.29 is 36.9 Å². The summed E-state index contributed by atoms with van der Waals surface area (Å²) < 4.78 is 55.2. The summed E-state index contributed by atoms with van der Waals surface area (Å²) in [7, 11) is -2.34. The third-order valence-corrected chi connectivity index (χ3v) is 9.84. The lowest BCUT2D eigenvalue weighted by Gasteiger charge is -2.17. The van der Waals surface area contributed by atoms with Crippen molar-refractivity contribution in [1.82, 2.24) is 15.0 Å². The number of sulfonamides is 1. The van der Waals surface area contributed by atoms with Gasteiger partial charge in [-0.15, -0.1) is 5.10 Å². The molecule has 1 N–H and O–H groups in total. The minimum atomic E-state index is -3.94. The topological polar surface area (TPSA) is 161 Å². The number of non-ortho nitro benzene ring substituents is 1. The molecule has 6 aromatic rings. The molecular formula is C34H27N6O8S+. The monoisotopic (exact) mass is 679 g/mol. The van der Waals surface area contributed by atoms with Crippen molar-refractivity contribution in [3.8, 4) is 39.9 Å². The summed E-state index contributed by atoms with van der Waals surface area (Å²) >= 11 is 0. The fraction of sp³-hybridized carbons (Fsp3) is 0.147. The minimum Gasteiger partial charge on any atom is -0.493 e. The van der Waals surface area contributed by atoms with Gasteiger partial charge in [-0.25, -0.2) is 13.1 Å². The number of aromatic nitrogens is 4. The molecule has 2 aromatic heterocycles. The molecule has 0 fully saturated rings. The van der Waals surface area contributed by atoms with E-state index >= 15 is 0 Å². The maximum absolute atomic E-state index is 12.9. The highest BCUT2D eigenvalue weighted by molar-refractivity contribution is 7.92. The van der Waals surface area contributed by atoms with Gasteiger partial charge in [0.25, 0.3) is 15.7 Å². The molecule has 49 heavy (non-hydrogen) atoms. The second-order valence-corrected chi connectivity index (χ2v) is 13.1. The van der Waals surface area contributed by atoms with Crippen molar-refractivity contribution in [2.75, 3.05) is 18.6 Å². The standard InChI is InChI=1S/C34H27N6O8S/c1-45-31-11-2-21-14-30-28-16-33-32(47-20-48-33)15-22(28)12-13-38(30)18-29(21)34(31)46-19-24-17-39(37-35-24)25-7-9-27(10-8-25)49(43,44)36-23-3-5-26(6-4-23)40(41)42/h2-11,14-18,36H,12-13,19-20H2,1H3/q+1. The van der Waals surface area contributed by atoms with E-state index in [0.717, 1.165) is 46.5 Å². The molecule has 8 rings (SSSR count). The van der Waals surface area contributed by atoms with E-state index in [2.05, 4.69) is 37.9 Å². The van der Waals surface area contributed by atoms with Gasteiger partial charge in [-0.05, 0) is 71.6 Å². The molecule has 0 amide bonds. The third kappa shape index (κ3) is 5.59. The van der Waals surface area contributed by atoms with Gasteiger partial charge in [0, 0.05) is 30.3 Å². The fourth-order valence-corrected chi connectivity index (χ4v) is 7.05. The number of rotatable bonds is 9. The lowest BCUT2D eigenvalue weighted by molar-refractivity contribution is -0.686. The Hall–Kier alpha value is -6.22. The van der Waals surface area contributed by atoms with E-state index in [0.29, 0.717) is 22.9 Å². The maximum Gasteiger partial charge on any atom is 0.269 e. The lowest BCUT2D eigenvalue weighted by atomic mass is 9.95. The van der Waals surface area contributed by atoms with Crippen LogP contribution in [-0.4, -0.2) is 42.2 Å². The molecule has 0 radical (unpaired) electrons. The zero-order valence-electron chi connectivity index (χ0n) is 25.9. The lowest BCUT2D eigenvalue weighted by Crippen LogP contribution is -2.40. The van der Waals surface area contributed by atoms with E-state index in [1.807, 2.05) is 18.2 Å². The Bertz CT molecular complexity index is 2380. The van der Waals surface area contributed by atoms with Crippen molar-refractivity contribution >= 4 is 32.2 Å². The first-order valence-corrected chi connectivity index (χ1v) is 16.6. The van der Waals surface area contributed by atoms with E-state index in [9.17, 15) is 18.5 Å². The van der Waals surface area contributed by atoms with E-state index in [1.165, 1.54) is 46.6 Å². The molecule has 0 spiro atoms. The molecule has 2 aliphatic heterocycles. The van der Waals surface area contributed by atoms with Crippen molar-refractivity contribution in [1.29, 1.82) is 0 Å². The molecule has 0 aliphatic carbocycles. The largest absolute Gasteiger partial charge is 0.493 e. The van der Waals surface area contributed by atoms with Crippen LogP contribution < -0.4 is 28.2 Å². The fourth-order valence-electron chi connectivity index (χ4n) is 5.99. The SMILES string of the molecule is COc1ccc2cc3[n+](cc2c1OCc1cn(-c2ccc(S(=O)(=O)Nc4ccc([N+](=O)[O-])cc4)cc2)nn1)CCc1cc2c(cc1-3)OCO2. The summed E-state index contributed by atoms with van der Waals surface area (Å²) in [5.74, 6) is 2.69. The molecule has 0 bridgehead atoms. The number of ether oxygens (including phenoxy) is 4. The highest BCUT2D eigenvalue weighted by Gasteiger charge is 2.29. The van der Waals surface area contributed by atoms with Crippen LogP contribution in [0.5, 0.6) is 23.0 Å². The predicted molar refractivity (Wildman–Crippen MR) is 176 cm³/mol. The van der Waals surface area contributed by atoms with Gasteiger partial charge in [0.15, 0.2) is 35.7 Å². The zero-order valence-corrected chi connectivity index (χ0v) is 26.7. The van der Waals surface area contributed by atoms with Crippen LogP contribution in [0.25, 0.3) is 27.7 Å². The highest BCUT2D eigenvalue weighted by Crippen LogP contribution is 2.42. The number of methoxy groups -OCH3 is 1. The number of nitrogens with one attached hydrogen (secondary N) is 1. The summed E-state index contributed by atoms with van der Waals surface area (Å²) in [6.07, 6.45) is 4.63. The molecular weight excluding hydrogens is 652 g/mol. The Kier molecular flexibility index (Phi) is 7.25. The number of nitro benzene ring substituents is 1. The van der Waals surface area contributed by atoms with Gasteiger partial charge < -0.3 is 18.9 Å². The van der Waals surface area contributed by atoms with Crippen LogP contribution in [0.2, 0.25) is 0 Å². The average Bonchev–Trinajstić information content (AvgIpc) is 3.78. The molecule has 0 atom stereocenters. The molecule has 2 aliphatic rings. The van der Waals surface area contributed by atoms with Gasteiger partial charge >= 0.3 is 0 Å². The van der Waals surface area contributed by atoms with Crippen molar-refractivity contribution in [2.24, 2.45) is 0 Å². The number of nitro groups is 1. The molecule has 0 unspecified atom stereocenters. The van der Waals surface area contributed by atoms with Gasteiger partial charge in [-0.3, -0.25) is 14.8 Å². The average molecular weight is 680 g/mol. The number of fused-ring (bicyclic) bond motifs is 5. The number of pyridine rings is 1. The quantitative estimate of drug-likeness (QED) is 0.126. The number of anilines is 1. The Morgan fingerprint density at radius 2 is 1.80 bits per heavy atom. The van der Waals surface area contributed by atoms with Crippen LogP contribution in [0, 0.1) is 10.1 Å². The summed E-state index contributed by atoms with van der Waals surface area (Å²) in [5.41, 5.74) is 4.60. The van der Waals surface area contributed by atoms with Crippen LogP contribution in [0.4, 0.5) is 11.4 Å². The van der Waals surface area contributed by atoms with Gasteiger partial charge in [-0.2, -0.15) is 4.57 Å². The normalized spacial score (nSPS) is 13.1. The Balaban J connectivity index is 1.00. The molecule has 4 heterocycles. The molecule has 15 heteroatoms. The number of hydrogen-bond donors (Lipinski definition) is 1. The van der Waals surface area contributed by atoms with Crippen LogP contribution in [-0.2, 0) is 29.6 Å². The number of aryl methyl sites for hydroxylation is 2. The Morgan fingerprint density at radius 1 is 1.02 bits per heavy atom. The first kappa shape index (κ1) is 30.1. The molecule has 4 aromatic carbocycles. The van der Waals surface area contributed by atoms with E-state index in [-0.39, 0.29) is 29.7 Å². The zero-order chi connectivity index (χ0) is 33.7. The van der Waals surface area contributed by atoms with Crippen LogP contribution in [0.1, 0.15) is 11.3 Å². The predicted octanol–water partition coefficient (Wildman–Crippen LogP) is 4.96. The van der Waals surface area contributed by atoms with Gasteiger partial charge in [0.1, 0.15) is 12.3 Å². The van der Waals surface area contributed by atoms with Gasteiger partial charge in [0.05, 0.1) is 39.8 Å². The Labute approximate surface area is 279 Å². The van der Waals surface area contributed by atoms with Gasteiger partial charge in [-0.1, -0.05) is 5.21 Å². The van der Waals surface area contributed by atoms with E-state index in [4.69, 9.17) is 18.9 Å². The van der Waals surface area contributed by atoms with Crippen molar-refractivity contribution in [3.63, 3.8) is 0 Å². The summed E-state index contributed by atoms with van der Waals surface area (Å²) in [5, 5.41) is 21.2. The molecule has 246 valence electrons. The summed E-state index contributed by atoms with van der Waals surface area (Å²) in [6.45, 7) is 1.12. The van der Waals surface area contributed by atoms with E-state index in [1.54, 1.807) is 25.4 Å². The summed E-state index contributed by atoms with van der Waals surface area (Å²) in [6, 6.07) is 21.3. The highest BCUT2D eigenvalue weighted by atomic mass is 32.2. The number of nitrogens with zero attached hydrogens (tertiary/aromatic N) is 5. The first-order chi connectivity index (χ1) is 23.8. The maximum atomic E-state index is 12.9. The molecule has 14 nitrogen and oxygen atoms in total. The van der Waals surface area contributed by atoms with Gasteiger partial charge in [0.2, 0.25) is 12.5 Å². The number of benzene rings is 4. The van der Waals surface area contributed by atoms with E-state index < -0.39 is 14.9 Å². The first-order valence-electron chi connectivity index (χ1n) is 15.1. The van der Waals surface area contributed by atoms with Crippen molar-refractivity contribution in [2.45, 2.75) is 24.5 Å². The minimum absolute atomic E-state index is 0.0103. The second kappa shape index (κ2) is 11.8. The van der Waals surface area contributed by atoms with Crippen LogP contribution >= 0.6 is 0 Å². The molecule has 0 saturated carbocycles. The molecule has 0 saturated heterocycles. The smallest absolute Gasteiger partial charge is 0.269 e. The summed E-state index contributed by atoms with van der Waals surface area (Å²) in [4.78, 5) is 10.3.